The second-order valence-electron chi connectivity index (χ2n) is 6.90. The molecule has 4 nitrogen and oxygen atoms in total. The monoisotopic (exact) mass is 436 g/mol. The standard InChI is InChI=1S/C22H23F3N2O2S/c1-28-22(29-2)20(26)17-12-30-11-14(9-13-3-5-15(23)6-4-13)21(17)27-19-8-7-16(24)10-18(19)25/h3-8,10,14,22,26-27H,9,11-12H2,1-2H3. The highest BCUT2D eigenvalue weighted by Crippen LogP contribution is 2.34. The van der Waals surface area contributed by atoms with E-state index in [1.54, 1.807) is 23.9 Å². The molecule has 2 N–H and O–H groups in total. The summed E-state index contributed by atoms with van der Waals surface area (Å²) in [6.07, 6.45) is -0.292. The summed E-state index contributed by atoms with van der Waals surface area (Å²) in [6, 6.07) is 9.54. The van der Waals surface area contributed by atoms with Gasteiger partial charge in [0.2, 0.25) is 0 Å². The van der Waals surface area contributed by atoms with Gasteiger partial charge in [0.1, 0.15) is 17.5 Å². The molecular weight excluding hydrogens is 413 g/mol. The van der Waals surface area contributed by atoms with Crippen LogP contribution in [0.25, 0.3) is 0 Å². The predicted octanol–water partition coefficient (Wildman–Crippen LogP) is 5.01. The minimum absolute atomic E-state index is 0.0941. The van der Waals surface area contributed by atoms with Crippen molar-refractivity contribution < 1.29 is 22.6 Å². The number of anilines is 1. The smallest absolute Gasteiger partial charge is 0.200 e. The summed E-state index contributed by atoms with van der Waals surface area (Å²) in [7, 11) is 2.89. The van der Waals surface area contributed by atoms with Crippen LogP contribution in [0.5, 0.6) is 0 Å². The van der Waals surface area contributed by atoms with Crippen LogP contribution in [0.3, 0.4) is 0 Å². The Hall–Kier alpha value is -2.29. The van der Waals surface area contributed by atoms with Crippen LogP contribution in [0.2, 0.25) is 0 Å². The first kappa shape index (κ1) is 22.4. The minimum atomic E-state index is -0.861. The Morgan fingerprint density at radius 2 is 1.77 bits per heavy atom. The van der Waals surface area contributed by atoms with Crippen molar-refractivity contribution in [3.8, 4) is 0 Å². The number of allylic oxidation sites excluding steroid dienone is 1. The van der Waals surface area contributed by atoms with Gasteiger partial charge in [0.05, 0.1) is 11.4 Å². The number of hydrogen-bond acceptors (Lipinski definition) is 5. The van der Waals surface area contributed by atoms with Crippen molar-refractivity contribution >= 4 is 23.2 Å². The van der Waals surface area contributed by atoms with Gasteiger partial charge in [-0.15, -0.1) is 0 Å². The van der Waals surface area contributed by atoms with Crippen LogP contribution in [-0.4, -0.2) is 37.7 Å². The molecule has 30 heavy (non-hydrogen) atoms. The molecule has 0 radical (unpaired) electrons. The van der Waals surface area contributed by atoms with Crippen molar-refractivity contribution in [2.75, 3.05) is 31.0 Å². The molecule has 0 aromatic heterocycles. The zero-order chi connectivity index (χ0) is 21.7. The van der Waals surface area contributed by atoms with Gasteiger partial charge in [-0.2, -0.15) is 11.8 Å². The second kappa shape index (κ2) is 10.1. The Labute approximate surface area is 178 Å². The van der Waals surface area contributed by atoms with Crippen LogP contribution < -0.4 is 5.32 Å². The van der Waals surface area contributed by atoms with Crippen LogP contribution in [-0.2, 0) is 15.9 Å². The van der Waals surface area contributed by atoms with E-state index in [1.807, 2.05) is 0 Å². The fraction of sp³-hybridized carbons (Fsp3) is 0.318. The van der Waals surface area contributed by atoms with Crippen molar-refractivity contribution in [2.24, 2.45) is 5.92 Å². The predicted molar refractivity (Wildman–Crippen MR) is 113 cm³/mol. The van der Waals surface area contributed by atoms with E-state index >= 15 is 0 Å². The molecule has 1 aliphatic rings. The van der Waals surface area contributed by atoms with Gasteiger partial charge >= 0.3 is 0 Å². The molecule has 8 heteroatoms. The third kappa shape index (κ3) is 5.24. The number of rotatable bonds is 8. The summed E-state index contributed by atoms with van der Waals surface area (Å²) in [4.78, 5) is 0. The van der Waals surface area contributed by atoms with Crippen molar-refractivity contribution in [1.82, 2.24) is 0 Å². The first-order chi connectivity index (χ1) is 14.4. The van der Waals surface area contributed by atoms with Crippen LogP contribution in [0, 0.1) is 28.8 Å². The molecule has 2 aromatic carbocycles. The zero-order valence-corrected chi connectivity index (χ0v) is 17.5. The van der Waals surface area contributed by atoms with E-state index in [1.165, 1.54) is 38.5 Å². The number of halogens is 3. The van der Waals surface area contributed by atoms with Gasteiger partial charge in [0.15, 0.2) is 6.29 Å². The first-order valence-electron chi connectivity index (χ1n) is 9.34. The van der Waals surface area contributed by atoms with Crippen LogP contribution >= 0.6 is 11.8 Å². The van der Waals surface area contributed by atoms with E-state index in [0.29, 0.717) is 23.4 Å². The van der Waals surface area contributed by atoms with E-state index in [0.717, 1.165) is 17.4 Å². The maximum Gasteiger partial charge on any atom is 0.200 e. The quantitative estimate of drug-likeness (QED) is 0.451. The van der Waals surface area contributed by atoms with Crippen molar-refractivity contribution in [1.29, 1.82) is 5.41 Å². The summed E-state index contributed by atoms with van der Waals surface area (Å²) in [6.45, 7) is 0. The summed E-state index contributed by atoms with van der Waals surface area (Å²) >= 11 is 1.64. The molecule has 3 rings (SSSR count). The van der Waals surface area contributed by atoms with E-state index < -0.39 is 17.9 Å². The fourth-order valence-corrected chi connectivity index (χ4v) is 4.59. The largest absolute Gasteiger partial charge is 0.356 e. The van der Waals surface area contributed by atoms with Gasteiger partial charge in [-0.3, -0.25) is 5.41 Å². The molecule has 0 saturated carbocycles. The average Bonchev–Trinajstić information content (AvgIpc) is 2.73. The number of benzene rings is 2. The second-order valence-corrected chi connectivity index (χ2v) is 7.93. The lowest BCUT2D eigenvalue weighted by Crippen LogP contribution is -2.33. The molecule has 0 bridgehead atoms. The van der Waals surface area contributed by atoms with Crippen LogP contribution in [0.1, 0.15) is 5.56 Å². The third-order valence-corrected chi connectivity index (χ3v) is 6.01. The molecule has 0 amide bonds. The Kier molecular flexibility index (Phi) is 7.58. The highest BCUT2D eigenvalue weighted by molar-refractivity contribution is 7.99. The normalized spacial score (nSPS) is 16.8. The van der Waals surface area contributed by atoms with Crippen LogP contribution in [0.4, 0.5) is 18.9 Å². The minimum Gasteiger partial charge on any atom is -0.356 e. The number of ether oxygens (including phenoxy) is 2. The van der Waals surface area contributed by atoms with Crippen molar-refractivity contribution in [2.45, 2.75) is 12.7 Å². The van der Waals surface area contributed by atoms with E-state index in [-0.39, 0.29) is 23.1 Å². The molecule has 0 fully saturated rings. The molecular formula is C22H23F3N2O2S. The van der Waals surface area contributed by atoms with Gasteiger partial charge in [-0.1, -0.05) is 12.1 Å². The lowest BCUT2D eigenvalue weighted by atomic mass is 9.92. The molecule has 0 aliphatic carbocycles. The molecule has 2 aromatic rings. The molecule has 1 heterocycles. The Morgan fingerprint density at radius 1 is 1.10 bits per heavy atom. The van der Waals surface area contributed by atoms with E-state index in [4.69, 9.17) is 14.9 Å². The van der Waals surface area contributed by atoms with Crippen LogP contribution in [0.15, 0.2) is 53.7 Å². The highest BCUT2D eigenvalue weighted by Gasteiger charge is 2.30. The molecule has 1 aliphatic heterocycles. The van der Waals surface area contributed by atoms with Gasteiger partial charge in [0, 0.05) is 49.0 Å². The van der Waals surface area contributed by atoms with E-state index in [2.05, 4.69) is 5.32 Å². The maximum absolute atomic E-state index is 14.3. The summed E-state index contributed by atoms with van der Waals surface area (Å²) in [5, 5.41) is 11.6. The van der Waals surface area contributed by atoms with E-state index in [9.17, 15) is 13.2 Å². The number of methoxy groups -OCH3 is 2. The Bertz CT molecular complexity index is 930. The van der Waals surface area contributed by atoms with Crippen molar-refractivity contribution in [3.05, 3.63) is 76.7 Å². The maximum atomic E-state index is 14.3. The fourth-order valence-electron chi connectivity index (χ4n) is 3.39. The van der Waals surface area contributed by atoms with Gasteiger partial charge in [-0.05, 0) is 36.2 Å². The van der Waals surface area contributed by atoms with Crippen molar-refractivity contribution in [3.63, 3.8) is 0 Å². The molecule has 1 atom stereocenters. The lowest BCUT2D eigenvalue weighted by Gasteiger charge is -2.31. The SMILES string of the molecule is COC(OC)C(=N)C1=C(Nc2ccc(F)cc2F)C(Cc2ccc(F)cc2)CSC1. The number of thioether (sulfide) groups is 1. The van der Waals surface area contributed by atoms with Gasteiger partial charge in [-0.25, -0.2) is 13.2 Å². The molecule has 160 valence electrons. The number of nitrogens with one attached hydrogen (secondary N) is 2. The highest BCUT2D eigenvalue weighted by atomic mass is 32.2. The zero-order valence-electron chi connectivity index (χ0n) is 16.7. The summed E-state index contributed by atoms with van der Waals surface area (Å²) < 4.78 is 51.5. The third-order valence-electron chi connectivity index (χ3n) is 4.88. The summed E-state index contributed by atoms with van der Waals surface area (Å²) in [5.41, 5.74) is 2.49. The van der Waals surface area contributed by atoms with Gasteiger partial charge < -0.3 is 14.8 Å². The Morgan fingerprint density at radius 3 is 2.40 bits per heavy atom. The van der Waals surface area contributed by atoms with Gasteiger partial charge in [0.25, 0.3) is 0 Å². The Balaban J connectivity index is 2.00. The first-order valence-corrected chi connectivity index (χ1v) is 10.5. The molecule has 1 unspecified atom stereocenters. The lowest BCUT2D eigenvalue weighted by molar-refractivity contribution is -0.0521. The molecule has 0 spiro atoms. The molecule has 0 saturated heterocycles. The average molecular weight is 436 g/mol. The number of hydrogen-bond donors (Lipinski definition) is 2. The summed E-state index contributed by atoms with van der Waals surface area (Å²) in [5.74, 6) is -0.548. The topological polar surface area (TPSA) is 54.3 Å².